The molecule has 0 aliphatic rings. The maximum absolute atomic E-state index is 8.91. The van der Waals surface area contributed by atoms with E-state index in [1.54, 1.807) is 17.7 Å². The topological polar surface area (TPSA) is 49.2 Å². The number of aryl methyl sites for hydroxylation is 1. The van der Waals surface area contributed by atoms with E-state index in [2.05, 4.69) is 22.3 Å². The van der Waals surface area contributed by atoms with Crippen molar-refractivity contribution in [2.24, 2.45) is 0 Å². The van der Waals surface area contributed by atoms with E-state index in [0.29, 0.717) is 6.54 Å². The molecule has 0 atom stereocenters. The van der Waals surface area contributed by atoms with E-state index >= 15 is 0 Å². The number of anilines is 1. The van der Waals surface area contributed by atoms with Gasteiger partial charge in [0.25, 0.3) is 0 Å². The number of aromatic nitrogens is 2. The molecule has 0 aliphatic carbocycles. The van der Waals surface area contributed by atoms with Gasteiger partial charge in [-0.3, -0.25) is 0 Å². The molecule has 1 N–H and O–H groups in total. The molecule has 0 spiro atoms. The van der Waals surface area contributed by atoms with Gasteiger partial charge in [0.1, 0.15) is 17.0 Å². The van der Waals surface area contributed by atoms with Gasteiger partial charge in [-0.15, -0.1) is 11.3 Å². The third-order valence-electron chi connectivity index (χ3n) is 2.33. The Morgan fingerprint density at radius 1 is 1.47 bits per heavy atom. The molecule has 2 aromatic rings. The summed E-state index contributed by atoms with van der Waals surface area (Å²) in [5, 5.41) is 12.1. The quantitative estimate of drug-likeness (QED) is 0.855. The first-order chi connectivity index (χ1) is 7.24. The predicted molar refractivity (Wildman–Crippen MR) is 62.5 cm³/mol. The first-order valence-electron chi connectivity index (χ1n) is 4.75. The van der Waals surface area contributed by atoms with Gasteiger partial charge in [0, 0.05) is 13.6 Å². The minimum atomic E-state index is 0.130. The van der Waals surface area contributed by atoms with Crippen molar-refractivity contribution in [2.75, 3.05) is 25.1 Å². The third-order valence-corrected chi connectivity index (χ3v) is 3.34. The number of hydrogen-bond acceptors (Lipinski definition) is 5. The lowest BCUT2D eigenvalue weighted by atomic mass is 10.2. The number of fused-ring (bicyclic) bond motifs is 1. The van der Waals surface area contributed by atoms with E-state index in [1.165, 1.54) is 5.56 Å². The molecule has 0 saturated heterocycles. The minimum Gasteiger partial charge on any atom is -0.395 e. The molecule has 0 unspecified atom stereocenters. The third kappa shape index (κ3) is 1.80. The molecule has 0 fully saturated rings. The van der Waals surface area contributed by atoms with Crippen LogP contribution in [0.2, 0.25) is 0 Å². The van der Waals surface area contributed by atoms with Crippen LogP contribution in [0.25, 0.3) is 10.2 Å². The lowest BCUT2D eigenvalue weighted by Gasteiger charge is -2.17. The Balaban J connectivity index is 2.54. The van der Waals surface area contributed by atoms with Gasteiger partial charge in [-0.1, -0.05) is 0 Å². The smallest absolute Gasteiger partial charge is 0.140 e. The highest BCUT2D eigenvalue weighted by Gasteiger charge is 2.11. The molecule has 2 heterocycles. The standard InChI is InChI=1S/C10H13N3OS/c1-7-5-15-10-8(7)9(11-6-12-10)13(2)3-4-14/h5-6,14H,3-4H2,1-2H3. The van der Waals surface area contributed by atoms with Gasteiger partial charge in [-0.25, -0.2) is 9.97 Å². The van der Waals surface area contributed by atoms with Crippen LogP contribution < -0.4 is 4.90 Å². The molecule has 2 aromatic heterocycles. The SMILES string of the molecule is Cc1csc2ncnc(N(C)CCO)c12. The highest BCUT2D eigenvalue weighted by molar-refractivity contribution is 7.17. The molecule has 0 radical (unpaired) electrons. The van der Waals surface area contributed by atoms with Crippen LogP contribution in [0.4, 0.5) is 5.82 Å². The first kappa shape index (κ1) is 10.3. The van der Waals surface area contributed by atoms with Crippen LogP contribution in [-0.4, -0.2) is 35.3 Å². The Labute approximate surface area is 92.2 Å². The Morgan fingerprint density at radius 2 is 2.27 bits per heavy atom. The lowest BCUT2D eigenvalue weighted by Crippen LogP contribution is -2.22. The van der Waals surface area contributed by atoms with Crippen LogP contribution in [-0.2, 0) is 0 Å². The van der Waals surface area contributed by atoms with Crippen molar-refractivity contribution in [1.82, 2.24) is 9.97 Å². The largest absolute Gasteiger partial charge is 0.395 e. The van der Waals surface area contributed by atoms with Crippen LogP contribution in [0.1, 0.15) is 5.56 Å². The highest BCUT2D eigenvalue weighted by atomic mass is 32.1. The van der Waals surface area contributed by atoms with Gasteiger partial charge in [0.2, 0.25) is 0 Å². The maximum atomic E-state index is 8.91. The van der Waals surface area contributed by atoms with Gasteiger partial charge >= 0.3 is 0 Å². The number of rotatable bonds is 3. The zero-order valence-corrected chi connectivity index (χ0v) is 9.58. The molecule has 0 aromatic carbocycles. The predicted octanol–water partition coefficient (Wildman–Crippen LogP) is 1.43. The minimum absolute atomic E-state index is 0.130. The Hall–Kier alpha value is -1.20. The van der Waals surface area contributed by atoms with Crippen molar-refractivity contribution in [1.29, 1.82) is 0 Å². The molecule has 4 nitrogen and oxygen atoms in total. The van der Waals surface area contributed by atoms with Crippen molar-refractivity contribution in [3.05, 3.63) is 17.3 Å². The van der Waals surface area contributed by atoms with Crippen molar-refractivity contribution in [2.45, 2.75) is 6.92 Å². The summed E-state index contributed by atoms with van der Waals surface area (Å²) in [6.07, 6.45) is 1.57. The molecule has 15 heavy (non-hydrogen) atoms. The van der Waals surface area contributed by atoms with E-state index in [4.69, 9.17) is 5.11 Å². The van der Waals surface area contributed by atoms with Gasteiger partial charge in [0.05, 0.1) is 12.0 Å². The van der Waals surface area contributed by atoms with Gasteiger partial charge in [-0.2, -0.15) is 0 Å². The van der Waals surface area contributed by atoms with Crippen molar-refractivity contribution in [3.63, 3.8) is 0 Å². The summed E-state index contributed by atoms with van der Waals surface area (Å²) < 4.78 is 0. The van der Waals surface area contributed by atoms with Crippen molar-refractivity contribution < 1.29 is 5.11 Å². The average molecular weight is 223 g/mol. The summed E-state index contributed by atoms with van der Waals surface area (Å²) in [6, 6.07) is 0. The normalized spacial score (nSPS) is 10.9. The second-order valence-corrected chi connectivity index (χ2v) is 4.30. The van der Waals surface area contributed by atoms with Gasteiger partial charge < -0.3 is 10.0 Å². The number of aliphatic hydroxyl groups is 1. The Bertz CT molecular complexity index is 469. The Kier molecular flexibility index (Phi) is 2.83. The zero-order valence-electron chi connectivity index (χ0n) is 8.77. The fourth-order valence-corrected chi connectivity index (χ4v) is 2.43. The van der Waals surface area contributed by atoms with Crippen LogP contribution in [0.15, 0.2) is 11.7 Å². The van der Waals surface area contributed by atoms with Gasteiger partial charge in [-0.05, 0) is 17.9 Å². The molecule has 80 valence electrons. The van der Waals surface area contributed by atoms with Crippen LogP contribution >= 0.6 is 11.3 Å². The molecule has 2 rings (SSSR count). The first-order valence-corrected chi connectivity index (χ1v) is 5.63. The Morgan fingerprint density at radius 3 is 3.00 bits per heavy atom. The highest BCUT2D eigenvalue weighted by Crippen LogP contribution is 2.29. The fraction of sp³-hybridized carbons (Fsp3) is 0.400. The van der Waals surface area contributed by atoms with E-state index in [1.807, 2.05) is 11.9 Å². The molecule has 5 heteroatoms. The molecule has 0 saturated carbocycles. The lowest BCUT2D eigenvalue weighted by molar-refractivity contribution is 0.304. The van der Waals surface area contributed by atoms with Crippen molar-refractivity contribution >= 4 is 27.4 Å². The summed E-state index contributed by atoms with van der Waals surface area (Å²) in [5.74, 6) is 0.896. The second-order valence-electron chi connectivity index (χ2n) is 3.44. The second kappa shape index (κ2) is 4.12. The van der Waals surface area contributed by atoms with Crippen molar-refractivity contribution in [3.8, 4) is 0 Å². The van der Waals surface area contributed by atoms with E-state index < -0.39 is 0 Å². The summed E-state index contributed by atoms with van der Waals surface area (Å²) in [7, 11) is 1.93. The summed E-state index contributed by atoms with van der Waals surface area (Å²) in [5.41, 5.74) is 1.19. The van der Waals surface area contributed by atoms with Crippen LogP contribution in [0, 0.1) is 6.92 Å². The molecular formula is C10H13N3OS. The number of aliphatic hydroxyl groups excluding tert-OH is 1. The summed E-state index contributed by atoms with van der Waals surface area (Å²) in [4.78, 5) is 11.4. The number of hydrogen-bond donors (Lipinski definition) is 1. The number of thiophene rings is 1. The zero-order chi connectivity index (χ0) is 10.8. The molecule has 0 bridgehead atoms. The molecule has 0 amide bonds. The molecular weight excluding hydrogens is 210 g/mol. The number of nitrogens with zero attached hydrogens (tertiary/aromatic N) is 3. The van der Waals surface area contributed by atoms with Crippen LogP contribution in [0.3, 0.4) is 0 Å². The van der Waals surface area contributed by atoms with Gasteiger partial charge in [0.15, 0.2) is 0 Å². The van der Waals surface area contributed by atoms with Crippen LogP contribution in [0.5, 0.6) is 0 Å². The van der Waals surface area contributed by atoms with E-state index in [0.717, 1.165) is 16.0 Å². The average Bonchev–Trinajstić information content (AvgIpc) is 2.61. The summed E-state index contributed by atoms with van der Waals surface area (Å²) >= 11 is 1.62. The van der Waals surface area contributed by atoms with E-state index in [-0.39, 0.29) is 6.61 Å². The fourth-order valence-electron chi connectivity index (χ4n) is 1.54. The number of likely N-dealkylation sites (N-methyl/N-ethyl adjacent to an activating group) is 1. The molecule has 0 aliphatic heterocycles. The van der Waals surface area contributed by atoms with E-state index in [9.17, 15) is 0 Å². The monoisotopic (exact) mass is 223 g/mol. The summed E-state index contributed by atoms with van der Waals surface area (Å²) in [6.45, 7) is 2.77. The maximum Gasteiger partial charge on any atom is 0.140 e.